The first-order chi connectivity index (χ1) is 10.3. The van der Waals surface area contributed by atoms with Crippen molar-refractivity contribution in [3.8, 4) is 0 Å². The first-order valence-electron chi connectivity index (χ1n) is 7.43. The second-order valence-corrected chi connectivity index (χ2v) is 5.82. The standard InChI is InChI=1S/C17H20ClN3/c18-15-5-3-4-14(12-15)17(21-10-8-19-9-11-21)13-16-6-1-2-7-20-16/h1-7,12,17,19H,8-11,13H2. The Kier molecular flexibility index (Phi) is 4.86. The molecule has 2 heterocycles. The van der Waals surface area contributed by atoms with Gasteiger partial charge in [-0.15, -0.1) is 0 Å². The summed E-state index contributed by atoms with van der Waals surface area (Å²) in [5.41, 5.74) is 2.40. The highest BCUT2D eigenvalue weighted by molar-refractivity contribution is 6.30. The van der Waals surface area contributed by atoms with Crippen molar-refractivity contribution in [1.82, 2.24) is 15.2 Å². The molecule has 1 aromatic heterocycles. The van der Waals surface area contributed by atoms with E-state index < -0.39 is 0 Å². The van der Waals surface area contributed by atoms with E-state index in [1.165, 1.54) is 5.56 Å². The molecule has 1 saturated heterocycles. The molecular weight excluding hydrogens is 282 g/mol. The lowest BCUT2D eigenvalue weighted by Gasteiger charge is -2.35. The second-order valence-electron chi connectivity index (χ2n) is 5.38. The Morgan fingerprint density at radius 2 is 2.00 bits per heavy atom. The van der Waals surface area contributed by atoms with Crippen molar-refractivity contribution in [2.75, 3.05) is 26.2 Å². The first kappa shape index (κ1) is 14.5. The van der Waals surface area contributed by atoms with E-state index in [2.05, 4.69) is 39.5 Å². The molecule has 2 aromatic rings. The van der Waals surface area contributed by atoms with E-state index in [4.69, 9.17) is 11.6 Å². The van der Waals surface area contributed by atoms with Crippen LogP contribution in [0, 0.1) is 0 Å². The van der Waals surface area contributed by atoms with Crippen LogP contribution in [0.15, 0.2) is 48.7 Å². The zero-order valence-corrected chi connectivity index (χ0v) is 12.8. The number of nitrogens with one attached hydrogen (secondary N) is 1. The molecule has 0 radical (unpaired) electrons. The van der Waals surface area contributed by atoms with Crippen LogP contribution in [-0.2, 0) is 6.42 Å². The number of pyridine rings is 1. The lowest BCUT2D eigenvalue weighted by Crippen LogP contribution is -2.45. The summed E-state index contributed by atoms with van der Waals surface area (Å²) < 4.78 is 0. The Balaban J connectivity index is 1.86. The maximum atomic E-state index is 6.18. The molecule has 3 nitrogen and oxygen atoms in total. The van der Waals surface area contributed by atoms with Crippen molar-refractivity contribution in [1.29, 1.82) is 0 Å². The van der Waals surface area contributed by atoms with Crippen molar-refractivity contribution < 1.29 is 0 Å². The molecule has 0 saturated carbocycles. The van der Waals surface area contributed by atoms with Crippen molar-refractivity contribution in [3.63, 3.8) is 0 Å². The minimum Gasteiger partial charge on any atom is -0.314 e. The second kappa shape index (κ2) is 7.03. The van der Waals surface area contributed by atoms with Crippen LogP contribution in [-0.4, -0.2) is 36.1 Å². The SMILES string of the molecule is Clc1cccc(C(Cc2ccccn2)N2CCNCC2)c1. The summed E-state index contributed by atoms with van der Waals surface area (Å²) in [6.45, 7) is 4.20. The fourth-order valence-electron chi connectivity index (χ4n) is 2.88. The molecule has 3 rings (SSSR count). The van der Waals surface area contributed by atoms with E-state index in [1.807, 2.05) is 24.4 Å². The van der Waals surface area contributed by atoms with E-state index in [0.717, 1.165) is 43.3 Å². The highest BCUT2D eigenvalue weighted by Crippen LogP contribution is 2.26. The van der Waals surface area contributed by atoms with Gasteiger partial charge in [0.15, 0.2) is 0 Å². The molecule has 0 aliphatic carbocycles. The largest absolute Gasteiger partial charge is 0.314 e. The molecular formula is C17H20ClN3. The molecule has 1 unspecified atom stereocenters. The van der Waals surface area contributed by atoms with Gasteiger partial charge in [-0.25, -0.2) is 0 Å². The molecule has 4 heteroatoms. The van der Waals surface area contributed by atoms with Crippen molar-refractivity contribution in [2.45, 2.75) is 12.5 Å². The van der Waals surface area contributed by atoms with Gasteiger partial charge in [0.05, 0.1) is 0 Å². The van der Waals surface area contributed by atoms with Crippen LogP contribution in [0.1, 0.15) is 17.3 Å². The van der Waals surface area contributed by atoms with Gasteiger partial charge in [0.2, 0.25) is 0 Å². The molecule has 1 N–H and O–H groups in total. The lowest BCUT2D eigenvalue weighted by atomic mass is 9.99. The summed E-state index contributed by atoms with van der Waals surface area (Å²) in [5, 5.41) is 4.21. The van der Waals surface area contributed by atoms with Gasteiger partial charge in [0.25, 0.3) is 0 Å². The maximum absolute atomic E-state index is 6.18. The highest BCUT2D eigenvalue weighted by atomic mass is 35.5. The fourth-order valence-corrected chi connectivity index (χ4v) is 3.08. The third-order valence-corrected chi connectivity index (χ3v) is 4.19. The van der Waals surface area contributed by atoms with Gasteiger partial charge >= 0.3 is 0 Å². The number of halogens is 1. The summed E-state index contributed by atoms with van der Waals surface area (Å²) in [7, 11) is 0. The third kappa shape index (κ3) is 3.82. The Morgan fingerprint density at radius 1 is 1.14 bits per heavy atom. The van der Waals surface area contributed by atoms with E-state index in [1.54, 1.807) is 0 Å². The van der Waals surface area contributed by atoms with Crippen LogP contribution in [0.5, 0.6) is 0 Å². The molecule has 21 heavy (non-hydrogen) atoms. The van der Waals surface area contributed by atoms with E-state index in [0.29, 0.717) is 6.04 Å². The number of hydrogen-bond donors (Lipinski definition) is 1. The first-order valence-corrected chi connectivity index (χ1v) is 7.81. The van der Waals surface area contributed by atoms with Crippen molar-refractivity contribution >= 4 is 11.6 Å². The fraction of sp³-hybridized carbons (Fsp3) is 0.353. The molecule has 110 valence electrons. The number of piperazine rings is 1. The average molecular weight is 302 g/mol. The van der Waals surface area contributed by atoms with Crippen molar-refractivity contribution in [2.24, 2.45) is 0 Å². The Labute approximate surface area is 131 Å². The van der Waals surface area contributed by atoms with Crippen LogP contribution in [0.2, 0.25) is 5.02 Å². The summed E-state index contributed by atoms with van der Waals surface area (Å²) in [6.07, 6.45) is 2.78. The highest BCUT2D eigenvalue weighted by Gasteiger charge is 2.23. The smallest absolute Gasteiger partial charge is 0.0422 e. The minimum atomic E-state index is 0.334. The van der Waals surface area contributed by atoms with Gasteiger partial charge in [-0.05, 0) is 29.8 Å². The van der Waals surface area contributed by atoms with Crippen LogP contribution in [0.3, 0.4) is 0 Å². The quantitative estimate of drug-likeness (QED) is 0.941. The number of hydrogen-bond acceptors (Lipinski definition) is 3. The molecule has 1 aliphatic rings. The summed E-state index contributed by atoms with van der Waals surface area (Å²) in [5.74, 6) is 0. The van der Waals surface area contributed by atoms with Crippen LogP contribution in [0.4, 0.5) is 0 Å². The zero-order chi connectivity index (χ0) is 14.5. The Morgan fingerprint density at radius 3 is 2.71 bits per heavy atom. The van der Waals surface area contributed by atoms with Gasteiger partial charge in [-0.3, -0.25) is 9.88 Å². The number of aromatic nitrogens is 1. The molecule has 1 aromatic carbocycles. The van der Waals surface area contributed by atoms with E-state index in [9.17, 15) is 0 Å². The molecule has 1 aliphatic heterocycles. The molecule has 0 spiro atoms. The predicted molar refractivity (Wildman–Crippen MR) is 86.6 cm³/mol. The zero-order valence-electron chi connectivity index (χ0n) is 12.0. The topological polar surface area (TPSA) is 28.2 Å². The predicted octanol–water partition coefficient (Wildman–Crippen LogP) is 2.92. The summed E-state index contributed by atoms with van der Waals surface area (Å²) in [6, 6.07) is 14.7. The Bertz CT molecular complexity index is 567. The number of rotatable bonds is 4. The normalized spacial score (nSPS) is 17.6. The molecule has 1 fully saturated rings. The minimum absolute atomic E-state index is 0.334. The average Bonchev–Trinajstić information content (AvgIpc) is 2.54. The third-order valence-electron chi connectivity index (χ3n) is 3.95. The Hall–Kier alpha value is -1.42. The van der Waals surface area contributed by atoms with Gasteiger partial charge < -0.3 is 5.32 Å². The van der Waals surface area contributed by atoms with Gasteiger partial charge in [-0.2, -0.15) is 0 Å². The van der Waals surface area contributed by atoms with Gasteiger partial charge in [0.1, 0.15) is 0 Å². The number of benzene rings is 1. The van der Waals surface area contributed by atoms with Gasteiger partial charge in [-0.1, -0.05) is 29.8 Å². The molecule has 0 bridgehead atoms. The lowest BCUT2D eigenvalue weighted by molar-refractivity contribution is 0.171. The summed E-state index contributed by atoms with van der Waals surface area (Å²) >= 11 is 6.18. The van der Waals surface area contributed by atoms with Crippen LogP contribution >= 0.6 is 11.6 Å². The summed E-state index contributed by atoms with van der Waals surface area (Å²) in [4.78, 5) is 7.01. The monoisotopic (exact) mass is 301 g/mol. The van der Waals surface area contributed by atoms with Crippen molar-refractivity contribution in [3.05, 3.63) is 64.9 Å². The van der Waals surface area contributed by atoms with Gasteiger partial charge in [0, 0.05) is 55.6 Å². The molecule has 1 atom stereocenters. The van der Waals surface area contributed by atoms with E-state index in [-0.39, 0.29) is 0 Å². The van der Waals surface area contributed by atoms with Crippen LogP contribution < -0.4 is 5.32 Å². The molecule has 0 amide bonds. The maximum Gasteiger partial charge on any atom is 0.0422 e. The number of nitrogens with zero attached hydrogens (tertiary/aromatic N) is 2. The van der Waals surface area contributed by atoms with E-state index >= 15 is 0 Å². The van der Waals surface area contributed by atoms with Crippen LogP contribution in [0.25, 0.3) is 0 Å².